The number of rotatable bonds is 13. The molecule has 0 fully saturated rings. The number of thiazole rings is 1. The highest BCUT2D eigenvalue weighted by Gasteiger charge is 2.21. The summed E-state index contributed by atoms with van der Waals surface area (Å²) in [7, 11) is -3.75. The van der Waals surface area contributed by atoms with Crippen LogP contribution >= 0.6 is 11.3 Å². The molecule has 236 valence electrons. The van der Waals surface area contributed by atoms with Crippen molar-refractivity contribution in [1.29, 1.82) is 0 Å². The van der Waals surface area contributed by atoms with Crippen LogP contribution in [0.25, 0.3) is 11.0 Å². The fourth-order valence-electron chi connectivity index (χ4n) is 4.57. The van der Waals surface area contributed by atoms with Crippen LogP contribution < -0.4 is 20.6 Å². The van der Waals surface area contributed by atoms with E-state index in [2.05, 4.69) is 25.3 Å². The molecule has 0 spiro atoms. The molecule has 0 radical (unpaired) electrons. The molecule has 1 atom stereocenters. The van der Waals surface area contributed by atoms with E-state index in [4.69, 9.17) is 5.21 Å². The van der Waals surface area contributed by atoms with E-state index in [0.717, 1.165) is 23.1 Å². The molecule has 5 N–H and O–H groups in total. The number of nitrogens with zero attached hydrogens (tertiary/aromatic N) is 4. The third kappa shape index (κ3) is 8.02. The molecule has 0 aliphatic heterocycles. The van der Waals surface area contributed by atoms with Crippen molar-refractivity contribution in [3.63, 3.8) is 0 Å². The first-order chi connectivity index (χ1) is 21.4. The number of imidazole rings is 1. The molecule has 45 heavy (non-hydrogen) atoms. The van der Waals surface area contributed by atoms with Gasteiger partial charge in [-0.3, -0.25) is 20.0 Å². The van der Waals surface area contributed by atoms with Crippen LogP contribution in [-0.2, 0) is 16.6 Å². The van der Waals surface area contributed by atoms with Gasteiger partial charge in [0.05, 0.1) is 34.6 Å². The Morgan fingerprint density at radius 3 is 2.60 bits per heavy atom. The van der Waals surface area contributed by atoms with E-state index < -0.39 is 22.0 Å². The Morgan fingerprint density at radius 2 is 1.87 bits per heavy atom. The fourth-order valence-corrected chi connectivity index (χ4v) is 6.27. The average Bonchev–Trinajstić information content (AvgIpc) is 3.66. The van der Waals surface area contributed by atoms with E-state index in [1.54, 1.807) is 67.0 Å². The van der Waals surface area contributed by atoms with Crippen LogP contribution in [0.3, 0.4) is 0 Å². The number of hydrogen-bond donors (Lipinski definition) is 5. The zero-order chi connectivity index (χ0) is 32.2. The number of aryl methyl sites for hydroxylation is 1. The van der Waals surface area contributed by atoms with Crippen LogP contribution in [0.4, 0.5) is 15.8 Å². The van der Waals surface area contributed by atoms with Crippen LogP contribution in [0.15, 0.2) is 90.2 Å². The number of amides is 1. The minimum absolute atomic E-state index is 0.0509. The van der Waals surface area contributed by atoms with Crippen molar-refractivity contribution in [1.82, 2.24) is 19.9 Å². The van der Waals surface area contributed by atoms with Gasteiger partial charge in [-0.05, 0) is 68.3 Å². The number of benzene rings is 3. The van der Waals surface area contributed by atoms with Gasteiger partial charge in [0.1, 0.15) is 5.00 Å². The van der Waals surface area contributed by atoms with Crippen molar-refractivity contribution in [2.45, 2.75) is 43.4 Å². The zero-order valence-corrected chi connectivity index (χ0v) is 26.0. The highest BCUT2D eigenvalue weighted by atomic mass is 32.2. The summed E-state index contributed by atoms with van der Waals surface area (Å²) >= 11 is 0.841. The van der Waals surface area contributed by atoms with Gasteiger partial charge in [0.25, 0.3) is 15.9 Å². The number of aromatic nitrogens is 3. The van der Waals surface area contributed by atoms with Gasteiger partial charge in [0, 0.05) is 29.9 Å². The maximum Gasteiger partial charge on any atom is 0.261 e. The molecule has 5 rings (SSSR count). The minimum atomic E-state index is -3.75. The number of anilines is 3. The highest BCUT2D eigenvalue weighted by Crippen LogP contribution is 2.26. The summed E-state index contributed by atoms with van der Waals surface area (Å²) in [6.45, 7) is 4.91. The van der Waals surface area contributed by atoms with Crippen LogP contribution in [0.5, 0.6) is 0 Å². The molecule has 15 heteroatoms. The number of aliphatic hydroxyl groups excluding tert-OH is 1. The molecule has 3 aromatic carbocycles. The lowest BCUT2D eigenvalue weighted by Crippen LogP contribution is -2.42. The van der Waals surface area contributed by atoms with Gasteiger partial charge in [-0.25, -0.2) is 18.4 Å². The van der Waals surface area contributed by atoms with E-state index in [1.165, 1.54) is 12.1 Å². The molecular weight excluding hydrogens is 619 g/mol. The van der Waals surface area contributed by atoms with Gasteiger partial charge in [0.15, 0.2) is 5.13 Å². The first kappa shape index (κ1) is 32.0. The van der Waals surface area contributed by atoms with Gasteiger partial charge in [-0.15, -0.1) is 0 Å². The summed E-state index contributed by atoms with van der Waals surface area (Å²) in [5.41, 5.74) is 2.40. The number of fused-ring (bicyclic) bond motifs is 1. The van der Waals surface area contributed by atoms with Gasteiger partial charge in [-0.1, -0.05) is 41.7 Å². The Kier molecular flexibility index (Phi) is 9.48. The van der Waals surface area contributed by atoms with Crippen molar-refractivity contribution in [3.05, 3.63) is 102 Å². The number of β-amino-alcohol motifs (C(OH)–C–C–N with tert-alkyl or cyclic N) is 1. The normalized spacial score (nSPS) is 12.6. The first-order valence-corrected chi connectivity index (χ1v) is 16.2. The molecule has 2 heterocycles. The quantitative estimate of drug-likeness (QED) is 0.112. The molecule has 13 nitrogen and oxygen atoms in total. The minimum Gasteiger partial charge on any atom is -0.733 e. The lowest BCUT2D eigenvalue weighted by atomic mass is 9.99. The maximum absolute atomic E-state index is 12.7. The number of hydrogen-bond acceptors (Lipinski definition) is 11. The Bertz CT molecular complexity index is 1890. The third-order valence-corrected chi connectivity index (χ3v) is 9.38. The van der Waals surface area contributed by atoms with Crippen molar-refractivity contribution in [3.8, 4) is 0 Å². The van der Waals surface area contributed by atoms with E-state index >= 15 is 0 Å². The summed E-state index contributed by atoms with van der Waals surface area (Å²) in [5.74, 6) is -0.425. The second-order valence-electron chi connectivity index (χ2n) is 10.9. The molecular formula is C30H32N7O6S2-. The van der Waals surface area contributed by atoms with Crippen molar-refractivity contribution >= 4 is 54.1 Å². The molecule has 1 amide bonds. The van der Waals surface area contributed by atoms with Crippen LogP contribution in [0.1, 0.15) is 42.3 Å². The molecule has 0 unspecified atom stereocenters. The molecule has 0 saturated carbocycles. The van der Waals surface area contributed by atoms with E-state index in [9.17, 15) is 23.5 Å². The largest absolute Gasteiger partial charge is 0.733 e. The monoisotopic (exact) mass is 650 g/mol. The van der Waals surface area contributed by atoms with Gasteiger partial charge in [-0.2, -0.15) is 0 Å². The standard InChI is InChI=1S/C30H32N7O6S2/c1-30(2,33-17-26(38)20-7-6-8-22(15-20)35-45(42,43)23-9-4-3-5-10-23)13-14-36-19-32-24-16-21(11-12-25(24)36)28(39)34-29-31-18-27(44-29)37(40)41/h3-12,15-16,18-19,26,33,35,38,40H,13-14,17H2,1-2H3,(H,31,34,39)/q-1/t26-/m0/s1. The van der Waals surface area contributed by atoms with Gasteiger partial charge < -0.3 is 25.4 Å². The predicted octanol–water partition coefficient (Wildman–Crippen LogP) is 4.73. The summed E-state index contributed by atoms with van der Waals surface area (Å²) < 4.78 is 29.9. The molecule has 0 aliphatic rings. The van der Waals surface area contributed by atoms with E-state index in [1.807, 2.05) is 18.4 Å². The summed E-state index contributed by atoms with van der Waals surface area (Å²) in [6, 6.07) is 19.9. The smallest absolute Gasteiger partial charge is 0.261 e. The summed E-state index contributed by atoms with van der Waals surface area (Å²) in [5, 5.41) is 36.6. The molecule has 0 saturated heterocycles. The zero-order valence-electron chi connectivity index (χ0n) is 24.4. The molecule has 0 aliphatic carbocycles. The van der Waals surface area contributed by atoms with Gasteiger partial charge in [0.2, 0.25) is 0 Å². The Labute approximate surface area is 263 Å². The first-order valence-electron chi connectivity index (χ1n) is 13.9. The molecule has 2 aromatic heterocycles. The summed E-state index contributed by atoms with van der Waals surface area (Å²) in [4.78, 5) is 21.2. The average molecular weight is 651 g/mol. The molecule has 5 aromatic rings. The molecule has 0 bridgehead atoms. The second-order valence-corrected chi connectivity index (χ2v) is 13.6. The Hall–Kier alpha value is -4.38. The predicted molar refractivity (Wildman–Crippen MR) is 173 cm³/mol. The van der Waals surface area contributed by atoms with Crippen molar-refractivity contribution in [2.24, 2.45) is 0 Å². The second kappa shape index (κ2) is 13.3. The Balaban J connectivity index is 1.16. The SMILES string of the molecule is CC(C)(CCn1cnc2cc(C(=O)Nc3ncc(N([O-])O)s3)ccc21)NC[C@H](O)c1cccc(NS(=O)(=O)c2ccccc2)c1. The summed E-state index contributed by atoms with van der Waals surface area (Å²) in [6.07, 6.45) is 2.68. The van der Waals surface area contributed by atoms with E-state index in [-0.39, 0.29) is 32.3 Å². The third-order valence-electron chi connectivity index (χ3n) is 7.11. The Morgan fingerprint density at radius 1 is 1.09 bits per heavy atom. The number of nitrogens with one attached hydrogen (secondary N) is 3. The lowest BCUT2D eigenvalue weighted by molar-refractivity contribution is 0.102. The van der Waals surface area contributed by atoms with Crippen molar-refractivity contribution in [2.75, 3.05) is 21.8 Å². The number of carbonyl (C=O) groups is 1. The maximum atomic E-state index is 12.7. The van der Waals surface area contributed by atoms with E-state index in [0.29, 0.717) is 35.3 Å². The number of sulfonamides is 1. The van der Waals surface area contributed by atoms with Crippen molar-refractivity contribution < 1.29 is 23.5 Å². The number of carbonyl (C=O) groups excluding carboxylic acids is 1. The fraction of sp³-hybridized carbons (Fsp3) is 0.233. The van der Waals surface area contributed by atoms with Crippen LogP contribution in [-0.4, -0.2) is 51.3 Å². The van der Waals surface area contributed by atoms with Gasteiger partial charge >= 0.3 is 0 Å². The van der Waals surface area contributed by atoms with Crippen LogP contribution in [0, 0.1) is 5.21 Å². The number of aliphatic hydroxyl groups is 1. The lowest BCUT2D eigenvalue weighted by Gasteiger charge is -2.28. The topological polar surface area (TPSA) is 185 Å². The van der Waals surface area contributed by atoms with Crippen LogP contribution in [0.2, 0.25) is 0 Å². The highest BCUT2D eigenvalue weighted by molar-refractivity contribution is 7.92.